The van der Waals surface area contributed by atoms with Gasteiger partial charge in [-0.05, 0) is 19.8 Å². The monoisotopic (exact) mass is 392 g/mol. The van der Waals surface area contributed by atoms with Gasteiger partial charge in [0.1, 0.15) is 17.3 Å². The summed E-state index contributed by atoms with van der Waals surface area (Å²) in [5.41, 5.74) is -0.0693. The fourth-order valence-corrected chi connectivity index (χ4v) is 3.96. The molecular formula is C21H36N4O3. The number of ketones is 1. The van der Waals surface area contributed by atoms with Crippen molar-refractivity contribution in [1.29, 1.82) is 0 Å². The maximum Gasteiger partial charge on any atom is 0.329 e. The summed E-state index contributed by atoms with van der Waals surface area (Å²) in [7, 11) is 3.60. The van der Waals surface area contributed by atoms with E-state index in [4.69, 9.17) is 0 Å². The highest BCUT2D eigenvalue weighted by atomic mass is 16.2. The van der Waals surface area contributed by atoms with Crippen molar-refractivity contribution in [2.24, 2.45) is 7.05 Å². The zero-order valence-electron chi connectivity index (χ0n) is 17.8. The second kappa shape index (κ2) is 11.1. The van der Waals surface area contributed by atoms with E-state index in [0.717, 1.165) is 31.6 Å². The lowest BCUT2D eigenvalue weighted by molar-refractivity contribution is -0.117. The number of fused-ring (bicyclic) bond motifs is 1. The molecule has 0 fully saturated rings. The van der Waals surface area contributed by atoms with Crippen LogP contribution in [-0.4, -0.2) is 35.6 Å². The number of anilines is 2. The number of nitrogens with zero attached hydrogens (tertiary/aromatic N) is 3. The van der Waals surface area contributed by atoms with Crippen LogP contribution >= 0.6 is 0 Å². The summed E-state index contributed by atoms with van der Waals surface area (Å²) >= 11 is 0. The van der Waals surface area contributed by atoms with Gasteiger partial charge in [-0.15, -0.1) is 0 Å². The number of rotatable bonds is 13. The van der Waals surface area contributed by atoms with E-state index in [1.165, 1.54) is 55.9 Å². The Morgan fingerprint density at radius 2 is 1.43 bits per heavy atom. The van der Waals surface area contributed by atoms with Crippen molar-refractivity contribution in [2.45, 2.75) is 77.6 Å². The molecule has 1 aliphatic heterocycles. The normalized spacial score (nSPS) is 13.2. The van der Waals surface area contributed by atoms with E-state index in [1.54, 1.807) is 14.0 Å². The van der Waals surface area contributed by atoms with Crippen LogP contribution in [0, 0.1) is 0 Å². The first kappa shape index (κ1) is 22.2. The van der Waals surface area contributed by atoms with Crippen LogP contribution in [0.5, 0.6) is 0 Å². The molecule has 0 spiro atoms. The number of Topliss-reactive ketones (excluding diaryl/α,β-unsaturated/α-hetero) is 1. The van der Waals surface area contributed by atoms with Crippen LogP contribution < -0.4 is 21.0 Å². The molecule has 0 atom stereocenters. The topological polar surface area (TPSA) is 78.4 Å². The average molecular weight is 393 g/mol. The molecule has 0 unspecified atom stereocenters. The van der Waals surface area contributed by atoms with Crippen molar-refractivity contribution in [3.8, 4) is 0 Å². The number of aromatic nitrogens is 2. The Hall–Kier alpha value is -2.05. The molecule has 1 aromatic rings. The Labute approximate surface area is 167 Å². The minimum absolute atomic E-state index is 0.301. The molecule has 1 aliphatic rings. The summed E-state index contributed by atoms with van der Waals surface area (Å²) in [6, 6.07) is 0. The van der Waals surface area contributed by atoms with Gasteiger partial charge in [0.2, 0.25) is 0 Å². The molecule has 2 rings (SSSR count). The first-order chi connectivity index (χ1) is 13.4. The molecular weight excluding hydrogens is 356 g/mol. The molecule has 0 bridgehead atoms. The van der Waals surface area contributed by atoms with Crippen LogP contribution in [0.2, 0.25) is 0 Å². The summed E-state index contributed by atoms with van der Waals surface area (Å²) < 4.78 is 1.54. The summed E-state index contributed by atoms with van der Waals surface area (Å²) in [6.45, 7) is 3.19. The van der Waals surface area contributed by atoms with E-state index >= 15 is 0 Å². The van der Waals surface area contributed by atoms with Crippen molar-refractivity contribution >= 4 is 17.3 Å². The van der Waals surface area contributed by atoms with Gasteiger partial charge in [0.05, 0.1) is 6.67 Å². The van der Waals surface area contributed by atoms with E-state index in [9.17, 15) is 14.4 Å². The quantitative estimate of drug-likeness (QED) is 0.522. The molecule has 0 aliphatic carbocycles. The third-order valence-corrected chi connectivity index (χ3v) is 5.54. The van der Waals surface area contributed by atoms with Crippen LogP contribution in [0.4, 0.5) is 11.5 Å². The fraction of sp³-hybridized carbons (Fsp3) is 0.762. The maximum absolute atomic E-state index is 12.1. The van der Waals surface area contributed by atoms with Crippen LogP contribution in [0.3, 0.4) is 0 Å². The molecule has 0 saturated carbocycles. The van der Waals surface area contributed by atoms with Crippen molar-refractivity contribution in [3.63, 3.8) is 0 Å². The number of hydrogen-bond donors (Lipinski definition) is 1. The predicted octanol–water partition coefficient (Wildman–Crippen LogP) is 3.17. The summed E-state index contributed by atoms with van der Waals surface area (Å²) in [4.78, 5) is 41.3. The van der Waals surface area contributed by atoms with Gasteiger partial charge in [-0.25, -0.2) is 4.79 Å². The lowest BCUT2D eigenvalue weighted by Crippen LogP contribution is -2.32. The van der Waals surface area contributed by atoms with Crippen LogP contribution in [-0.2, 0) is 11.8 Å². The lowest BCUT2D eigenvalue weighted by atomic mass is 10.1. The standard InChI is InChI=1S/C21H36N4O3/c1-17(26)14-12-10-8-6-4-5-7-9-11-13-15-25-16-23(2)18-19(27)22-21(28)24(3)20(18)25/h4-16H2,1-3H3,(H,22,27,28). The molecule has 0 amide bonds. The minimum Gasteiger partial charge on any atom is -0.349 e. The fourth-order valence-electron chi connectivity index (χ4n) is 3.96. The van der Waals surface area contributed by atoms with Gasteiger partial charge in [0, 0.05) is 27.1 Å². The summed E-state index contributed by atoms with van der Waals surface area (Å²) in [5, 5.41) is 0. The number of nitrogens with one attached hydrogen (secondary N) is 1. The van der Waals surface area contributed by atoms with Crippen molar-refractivity contribution in [3.05, 3.63) is 20.8 Å². The largest absolute Gasteiger partial charge is 0.349 e. The van der Waals surface area contributed by atoms with E-state index in [0.29, 0.717) is 18.1 Å². The Kier molecular flexibility index (Phi) is 8.80. The van der Waals surface area contributed by atoms with E-state index in [1.807, 2.05) is 11.9 Å². The van der Waals surface area contributed by atoms with Gasteiger partial charge in [-0.3, -0.25) is 14.3 Å². The van der Waals surface area contributed by atoms with E-state index < -0.39 is 0 Å². The van der Waals surface area contributed by atoms with E-state index in [2.05, 4.69) is 9.88 Å². The Balaban J connectivity index is 1.59. The van der Waals surface area contributed by atoms with Crippen molar-refractivity contribution < 1.29 is 4.79 Å². The van der Waals surface area contributed by atoms with Gasteiger partial charge >= 0.3 is 5.69 Å². The zero-order chi connectivity index (χ0) is 20.5. The van der Waals surface area contributed by atoms with Gasteiger partial charge in [-0.1, -0.05) is 51.4 Å². The molecule has 1 aromatic heterocycles. The van der Waals surface area contributed by atoms with Gasteiger partial charge in [-0.2, -0.15) is 0 Å². The Morgan fingerprint density at radius 3 is 2.00 bits per heavy atom. The SMILES string of the molecule is CC(=O)CCCCCCCCCCCCN1CN(C)c2c1n(C)c(=O)[nH]c2=O. The number of hydrogen-bond acceptors (Lipinski definition) is 5. The molecule has 0 aromatic carbocycles. The van der Waals surface area contributed by atoms with Gasteiger partial charge in [0.25, 0.3) is 5.56 Å². The molecule has 0 saturated heterocycles. The highest BCUT2D eigenvalue weighted by molar-refractivity contribution is 5.75. The number of carbonyl (C=O) groups is 1. The summed E-state index contributed by atoms with van der Waals surface area (Å²) in [6.07, 6.45) is 12.8. The van der Waals surface area contributed by atoms with Crippen LogP contribution in [0.1, 0.15) is 77.6 Å². The number of carbonyl (C=O) groups excluding carboxylic acids is 1. The predicted molar refractivity (Wildman–Crippen MR) is 114 cm³/mol. The third-order valence-electron chi connectivity index (χ3n) is 5.54. The zero-order valence-corrected chi connectivity index (χ0v) is 17.8. The van der Waals surface area contributed by atoms with E-state index in [-0.39, 0.29) is 11.2 Å². The molecule has 158 valence electrons. The smallest absolute Gasteiger partial charge is 0.329 e. The minimum atomic E-state index is -0.356. The first-order valence-corrected chi connectivity index (χ1v) is 10.7. The Morgan fingerprint density at radius 1 is 0.893 bits per heavy atom. The number of unbranched alkanes of at least 4 members (excludes halogenated alkanes) is 9. The molecule has 1 N–H and O–H groups in total. The molecule has 28 heavy (non-hydrogen) atoms. The maximum atomic E-state index is 12.1. The number of aromatic amines is 1. The molecule has 2 heterocycles. The van der Waals surface area contributed by atoms with Crippen LogP contribution in [0.25, 0.3) is 0 Å². The highest BCUT2D eigenvalue weighted by Gasteiger charge is 2.28. The van der Waals surface area contributed by atoms with Gasteiger partial charge in [0.15, 0.2) is 0 Å². The summed E-state index contributed by atoms with van der Waals surface area (Å²) in [5.74, 6) is 1.04. The number of H-pyrrole nitrogens is 1. The van der Waals surface area contributed by atoms with Crippen LogP contribution in [0.15, 0.2) is 9.59 Å². The molecule has 0 radical (unpaired) electrons. The molecule has 7 nitrogen and oxygen atoms in total. The highest BCUT2D eigenvalue weighted by Crippen LogP contribution is 2.29. The first-order valence-electron chi connectivity index (χ1n) is 10.7. The second-order valence-corrected chi connectivity index (χ2v) is 8.08. The lowest BCUT2D eigenvalue weighted by Gasteiger charge is -2.20. The average Bonchev–Trinajstić information content (AvgIpc) is 2.97. The third kappa shape index (κ3) is 6.24. The van der Waals surface area contributed by atoms with Gasteiger partial charge < -0.3 is 14.6 Å². The Bertz CT molecular complexity index is 753. The van der Waals surface area contributed by atoms with Crippen molar-refractivity contribution in [1.82, 2.24) is 9.55 Å². The molecule has 7 heteroatoms. The van der Waals surface area contributed by atoms with Crippen molar-refractivity contribution in [2.75, 3.05) is 30.1 Å². The second-order valence-electron chi connectivity index (χ2n) is 8.08.